The van der Waals surface area contributed by atoms with Gasteiger partial charge in [-0.1, -0.05) is 62.2 Å². The molecule has 0 amide bonds. The average molecular weight is 497 g/mol. The van der Waals surface area contributed by atoms with E-state index in [1.165, 1.54) is 0 Å². The Kier molecular flexibility index (Phi) is 10.1. The summed E-state index contributed by atoms with van der Waals surface area (Å²) in [6.45, 7) is 3.18. The monoisotopic (exact) mass is 496 g/mol. The maximum Gasteiger partial charge on any atom is 0.338 e. The fraction of sp³-hybridized carbons (Fsp3) is 0.448. The van der Waals surface area contributed by atoms with Crippen molar-refractivity contribution in [1.29, 1.82) is 0 Å². The Morgan fingerprint density at radius 3 is 2.47 bits per heavy atom. The molecule has 0 radical (unpaired) electrons. The average Bonchev–Trinajstić information content (AvgIpc) is 3.18. The van der Waals surface area contributed by atoms with Crippen molar-refractivity contribution in [3.05, 3.63) is 72.0 Å². The fourth-order valence-corrected chi connectivity index (χ4v) is 4.77. The first-order chi connectivity index (χ1) is 17.4. The Hall–Kier alpha value is -3.16. The normalized spacial score (nSPS) is 21.9. The first kappa shape index (κ1) is 27.4. The first-order valence-electron chi connectivity index (χ1n) is 12.6. The number of hydrogen-bond donors (Lipinski definition) is 3. The zero-order valence-corrected chi connectivity index (χ0v) is 20.8. The van der Waals surface area contributed by atoms with Gasteiger partial charge < -0.3 is 24.8 Å². The van der Waals surface area contributed by atoms with Crippen molar-refractivity contribution in [3.63, 3.8) is 0 Å². The molecule has 7 nitrogen and oxygen atoms in total. The molecule has 1 fully saturated rings. The van der Waals surface area contributed by atoms with Crippen LogP contribution < -0.4 is 0 Å². The molecule has 2 aromatic rings. The summed E-state index contributed by atoms with van der Waals surface area (Å²) in [4.78, 5) is 25.0. The number of aliphatic hydroxyl groups is 2. The molecule has 1 aliphatic carbocycles. The quantitative estimate of drug-likeness (QED) is 0.190. The summed E-state index contributed by atoms with van der Waals surface area (Å²) in [6, 6.07) is 16.4. The van der Waals surface area contributed by atoms with Crippen LogP contribution in [0.1, 0.15) is 62.2 Å². The number of ether oxygens (including phenoxy) is 2. The van der Waals surface area contributed by atoms with Crippen molar-refractivity contribution >= 4 is 11.9 Å². The van der Waals surface area contributed by atoms with Crippen molar-refractivity contribution in [3.8, 4) is 11.1 Å². The van der Waals surface area contributed by atoms with E-state index < -0.39 is 36.0 Å². The van der Waals surface area contributed by atoms with Gasteiger partial charge in [0.25, 0.3) is 0 Å². The van der Waals surface area contributed by atoms with E-state index in [1.54, 1.807) is 24.3 Å². The fourth-order valence-electron chi connectivity index (χ4n) is 4.77. The van der Waals surface area contributed by atoms with Crippen LogP contribution in [-0.4, -0.2) is 52.2 Å². The highest BCUT2D eigenvalue weighted by molar-refractivity contribution is 5.91. The van der Waals surface area contributed by atoms with E-state index in [9.17, 15) is 24.9 Å². The lowest BCUT2D eigenvalue weighted by Gasteiger charge is -2.36. The van der Waals surface area contributed by atoms with E-state index in [2.05, 4.69) is 6.92 Å². The van der Waals surface area contributed by atoms with Crippen LogP contribution in [0.4, 0.5) is 0 Å². The van der Waals surface area contributed by atoms with Crippen LogP contribution >= 0.6 is 0 Å². The van der Waals surface area contributed by atoms with Crippen molar-refractivity contribution in [1.82, 2.24) is 0 Å². The number of carbonyl (C=O) groups excluding carboxylic acids is 1. The molecule has 1 saturated carbocycles. The van der Waals surface area contributed by atoms with Gasteiger partial charge in [0.2, 0.25) is 0 Å². The van der Waals surface area contributed by atoms with Crippen molar-refractivity contribution in [2.24, 2.45) is 5.92 Å². The van der Waals surface area contributed by atoms with Crippen LogP contribution in [0.2, 0.25) is 0 Å². The number of carboxylic acids is 1. The molecule has 0 aliphatic heterocycles. The minimum atomic E-state index is -1.77. The predicted molar refractivity (Wildman–Crippen MR) is 137 cm³/mol. The van der Waals surface area contributed by atoms with Crippen LogP contribution in [0.15, 0.2) is 66.4 Å². The number of rotatable bonds is 13. The summed E-state index contributed by atoms with van der Waals surface area (Å²) in [6.07, 6.45) is 3.85. The van der Waals surface area contributed by atoms with Crippen molar-refractivity contribution < 1.29 is 34.4 Å². The van der Waals surface area contributed by atoms with Crippen molar-refractivity contribution in [2.75, 3.05) is 13.2 Å². The van der Waals surface area contributed by atoms with Gasteiger partial charge >= 0.3 is 11.9 Å². The third-order valence-electron chi connectivity index (χ3n) is 6.66. The lowest BCUT2D eigenvalue weighted by atomic mass is 9.84. The lowest BCUT2D eigenvalue weighted by Crippen LogP contribution is -2.49. The molecule has 7 heteroatoms. The Bertz CT molecular complexity index is 1030. The molecule has 0 heterocycles. The molecule has 0 unspecified atom stereocenters. The number of aliphatic hydroxyl groups excluding tert-OH is 2. The van der Waals surface area contributed by atoms with E-state index in [1.807, 2.05) is 36.4 Å². The van der Waals surface area contributed by atoms with E-state index in [0.29, 0.717) is 26.1 Å². The lowest BCUT2D eigenvalue weighted by molar-refractivity contribution is -0.151. The molecule has 3 rings (SSSR count). The molecule has 36 heavy (non-hydrogen) atoms. The van der Waals surface area contributed by atoms with E-state index in [0.717, 1.165) is 30.4 Å². The molecular weight excluding hydrogens is 460 g/mol. The van der Waals surface area contributed by atoms with Gasteiger partial charge in [0.15, 0.2) is 5.60 Å². The second-order valence-electron chi connectivity index (χ2n) is 9.24. The van der Waals surface area contributed by atoms with E-state index >= 15 is 0 Å². The number of benzene rings is 2. The summed E-state index contributed by atoms with van der Waals surface area (Å²) in [5.74, 6) is -2.88. The largest absolute Gasteiger partial charge is 0.512 e. The number of carboxylic acid groups (broad SMARTS) is 1. The topological polar surface area (TPSA) is 113 Å². The molecule has 0 spiro atoms. The van der Waals surface area contributed by atoms with Crippen LogP contribution in [0, 0.1) is 5.92 Å². The standard InChI is InChI=1S/C29H36O7/c1-2-3-7-17-35-18-9-14-25(30)24-15-16-26(31)29(24,20-27(32)33)36-28(34)23-13-8-12-22(19-23)21-10-5-4-6-11-21/h4-6,8,10-14,19,24,26,30-31H,2-3,7,9,15-18,20H2,1H3,(H,32,33)/t24-,26+,29+/m0/s1. The summed E-state index contributed by atoms with van der Waals surface area (Å²) < 4.78 is 11.4. The number of hydrogen-bond acceptors (Lipinski definition) is 6. The number of esters is 1. The predicted octanol–water partition coefficient (Wildman–Crippen LogP) is 5.53. The highest BCUT2D eigenvalue weighted by Crippen LogP contribution is 2.45. The molecular formula is C29H36O7. The van der Waals surface area contributed by atoms with Gasteiger partial charge in [0.05, 0.1) is 36.4 Å². The highest BCUT2D eigenvalue weighted by Gasteiger charge is 2.56. The first-order valence-corrected chi connectivity index (χ1v) is 12.6. The smallest absolute Gasteiger partial charge is 0.338 e. The Labute approximate surface area is 212 Å². The maximum absolute atomic E-state index is 13.2. The van der Waals surface area contributed by atoms with Gasteiger partial charge in [0.1, 0.15) is 0 Å². The molecule has 194 valence electrons. The highest BCUT2D eigenvalue weighted by atomic mass is 16.6. The van der Waals surface area contributed by atoms with Crippen LogP contribution in [0.25, 0.3) is 11.1 Å². The van der Waals surface area contributed by atoms with Gasteiger partial charge in [-0.3, -0.25) is 4.79 Å². The summed E-state index contributed by atoms with van der Waals surface area (Å²) in [5.41, 5.74) is 0.197. The van der Waals surface area contributed by atoms with Gasteiger partial charge in [0, 0.05) is 6.61 Å². The molecule has 3 atom stereocenters. The van der Waals surface area contributed by atoms with Gasteiger partial charge in [-0.05, 0) is 55.0 Å². The minimum Gasteiger partial charge on any atom is -0.512 e. The summed E-state index contributed by atoms with van der Waals surface area (Å²) in [7, 11) is 0. The minimum absolute atomic E-state index is 0.0872. The Morgan fingerprint density at radius 2 is 1.75 bits per heavy atom. The second-order valence-corrected chi connectivity index (χ2v) is 9.24. The van der Waals surface area contributed by atoms with Gasteiger partial charge in [-0.15, -0.1) is 0 Å². The maximum atomic E-state index is 13.2. The number of aliphatic carboxylic acids is 1. The van der Waals surface area contributed by atoms with E-state index in [-0.39, 0.29) is 17.7 Å². The van der Waals surface area contributed by atoms with Crippen LogP contribution in [-0.2, 0) is 14.3 Å². The molecule has 0 saturated heterocycles. The zero-order chi connectivity index (χ0) is 26.0. The number of unbranched alkanes of at least 4 members (excludes halogenated alkanes) is 2. The molecule has 0 bridgehead atoms. The SMILES string of the molecule is CCCCCOCCC=C(O)[C@@H]1CC[C@@H](O)[C@]1(CC(=O)O)OC(=O)c1cccc(-c2ccccc2)c1. The zero-order valence-electron chi connectivity index (χ0n) is 20.8. The van der Waals surface area contributed by atoms with Gasteiger partial charge in [-0.2, -0.15) is 0 Å². The number of carbonyl (C=O) groups is 2. The van der Waals surface area contributed by atoms with E-state index in [4.69, 9.17) is 9.47 Å². The van der Waals surface area contributed by atoms with Crippen LogP contribution in [0.3, 0.4) is 0 Å². The molecule has 2 aromatic carbocycles. The van der Waals surface area contributed by atoms with Crippen molar-refractivity contribution in [2.45, 2.75) is 63.6 Å². The Balaban J connectivity index is 1.78. The summed E-state index contributed by atoms with van der Waals surface area (Å²) in [5, 5.41) is 31.3. The third kappa shape index (κ3) is 6.95. The molecule has 3 N–H and O–H groups in total. The second kappa shape index (κ2) is 13.2. The summed E-state index contributed by atoms with van der Waals surface area (Å²) >= 11 is 0. The van der Waals surface area contributed by atoms with Gasteiger partial charge in [-0.25, -0.2) is 4.79 Å². The molecule has 0 aromatic heterocycles. The van der Waals surface area contributed by atoms with Crippen LogP contribution in [0.5, 0.6) is 0 Å². The third-order valence-corrected chi connectivity index (χ3v) is 6.66. The molecule has 1 aliphatic rings. The Morgan fingerprint density at radius 1 is 1.00 bits per heavy atom.